The van der Waals surface area contributed by atoms with E-state index in [4.69, 9.17) is 9.73 Å². The number of ether oxygens (including phenoxy) is 1. The van der Waals surface area contributed by atoms with E-state index in [-0.39, 0.29) is 5.91 Å². The summed E-state index contributed by atoms with van der Waals surface area (Å²) in [5.41, 5.74) is 4.76. The van der Waals surface area contributed by atoms with Crippen LogP contribution in [0.25, 0.3) is 0 Å². The number of hydrogen-bond donors (Lipinski definition) is 1. The first-order chi connectivity index (χ1) is 14.7. The molecule has 0 spiro atoms. The van der Waals surface area contributed by atoms with Gasteiger partial charge in [0, 0.05) is 33.2 Å². The van der Waals surface area contributed by atoms with Crippen molar-refractivity contribution in [3.63, 3.8) is 0 Å². The zero-order valence-electron chi connectivity index (χ0n) is 17.1. The molecule has 0 atom stereocenters. The van der Waals surface area contributed by atoms with Crippen LogP contribution in [0, 0.1) is 0 Å². The second-order valence-corrected chi connectivity index (χ2v) is 8.20. The van der Waals surface area contributed by atoms with Gasteiger partial charge in [-0.25, -0.2) is 0 Å². The topological polar surface area (TPSA) is 50.7 Å². The molecule has 152 valence electrons. The zero-order valence-corrected chi connectivity index (χ0v) is 18.0. The van der Waals surface area contributed by atoms with Gasteiger partial charge in [-0.05, 0) is 48.4 Å². The van der Waals surface area contributed by atoms with E-state index < -0.39 is 0 Å². The number of nitrogens with one attached hydrogen (secondary N) is 1. The summed E-state index contributed by atoms with van der Waals surface area (Å²) in [6.45, 7) is 2.62. The summed E-state index contributed by atoms with van der Waals surface area (Å²) < 4.78 is 5.17. The first kappa shape index (κ1) is 20.2. The van der Waals surface area contributed by atoms with Gasteiger partial charge in [0.1, 0.15) is 5.75 Å². The fourth-order valence-corrected chi connectivity index (χ4v) is 4.43. The number of methoxy groups -OCH3 is 1. The van der Waals surface area contributed by atoms with Gasteiger partial charge in [-0.2, -0.15) is 0 Å². The number of fused-ring (bicyclic) bond motifs is 2. The van der Waals surface area contributed by atoms with Gasteiger partial charge in [-0.3, -0.25) is 9.79 Å². The standard InChI is InChI=1S/C25H24N2O2S/c1-3-6-21-20-7-4-5-8-23(20)30-24-14-11-18(15-22(24)27-21)25(28)26-16-17-9-12-19(29-2)13-10-17/h4-5,7-15H,3,6,16H2,1-2H3,(H,26,28). The largest absolute Gasteiger partial charge is 0.497 e. The highest BCUT2D eigenvalue weighted by molar-refractivity contribution is 7.99. The number of carbonyl (C=O) groups is 1. The molecule has 0 radical (unpaired) electrons. The van der Waals surface area contributed by atoms with Crippen molar-refractivity contribution in [3.05, 3.63) is 83.4 Å². The Morgan fingerprint density at radius 3 is 2.60 bits per heavy atom. The van der Waals surface area contributed by atoms with E-state index in [2.05, 4.69) is 36.5 Å². The number of carbonyl (C=O) groups excluding carboxylic acids is 1. The van der Waals surface area contributed by atoms with Gasteiger partial charge in [0.15, 0.2) is 0 Å². The highest BCUT2D eigenvalue weighted by Gasteiger charge is 2.18. The summed E-state index contributed by atoms with van der Waals surface area (Å²) in [7, 11) is 1.64. The van der Waals surface area contributed by atoms with Crippen LogP contribution in [0.2, 0.25) is 0 Å². The summed E-state index contributed by atoms with van der Waals surface area (Å²) in [6.07, 6.45) is 1.93. The van der Waals surface area contributed by atoms with Crippen molar-refractivity contribution < 1.29 is 9.53 Å². The number of rotatable bonds is 6. The van der Waals surface area contributed by atoms with Gasteiger partial charge in [-0.15, -0.1) is 0 Å². The van der Waals surface area contributed by atoms with Gasteiger partial charge < -0.3 is 10.1 Å². The van der Waals surface area contributed by atoms with Crippen LogP contribution in [-0.4, -0.2) is 18.7 Å². The average molecular weight is 417 g/mol. The van der Waals surface area contributed by atoms with Crippen LogP contribution in [0.1, 0.15) is 41.3 Å². The lowest BCUT2D eigenvalue weighted by Gasteiger charge is -2.09. The molecular weight excluding hydrogens is 392 g/mol. The molecule has 4 rings (SSSR count). The quantitative estimate of drug-likeness (QED) is 0.535. The number of aliphatic imine (C=N–C) groups is 1. The van der Waals surface area contributed by atoms with Gasteiger partial charge in [-0.1, -0.05) is 55.4 Å². The van der Waals surface area contributed by atoms with Crippen molar-refractivity contribution in [1.82, 2.24) is 5.32 Å². The molecule has 1 amide bonds. The second kappa shape index (κ2) is 9.18. The molecule has 0 aromatic heterocycles. The fourth-order valence-electron chi connectivity index (χ4n) is 3.41. The molecule has 0 saturated heterocycles. The molecule has 1 N–H and O–H groups in total. The average Bonchev–Trinajstić information content (AvgIpc) is 2.94. The van der Waals surface area contributed by atoms with Crippen molar-refractivity contribution in [3.8, 4) is 5.75 Å². The van der Waals surface area contributed by atoms with Crippen molar-refractivity contribution >= 4 is 29.1 Å². The minimum absolute atomic E-state index is 0.104. The number of amides is 1. The van der Waals surface area contributed by atoms with E-state index >= 15 is 0 Å². The SMILES string of the molecule is CCCC1=Nc2cc(C(=O)NCc3ccc(OC)cc3)ccc2Sc2ccccc21. The number of benzene rings is 3. The molecule has 30 heavy (non-hydrogen) atoms. The van der Waals surface area contributed by atoms with E-state index in [0.29, 0.717) is 12.1 Å². The molecule has 0 unspecified atom stereocenters. The van der Waals surface area contributed by atoms with Crippen molar-refractivity contribution in [2.24, 2.45) is 4.99 Å². The Bertz CT molecular complexity index is 1090. The molecule has 3 aromatic rings. The summed E-state index contributed by atoms with van der Waals surface area (Å²) in [4.78, 5) is 20.0. The minimum atomic E-state index is -0.104. The maximum atomic E-state index is 12.7. The molecule has 0 aliphatic carbocycles. The number of nitrogens with zero attached hydrogens (tertiary/aromatic N) is 1. The van der Waals surface area contributed by atoms with Crippen LogP contribution >= 0.6 is 11.8 Å². The first-order valence-corrected chi connectivity index (χ1v) is 10.9. The molecule has 0 saturated carbocycles. The Morgan fingerprint density at radius 2 is 1.83 bits per heavy atom. The van der Waals surface area contributed by atoms with E-state index in [0.717, 1.165) is 40.4 Å². The Morgan fingerprint density at radius 1 is 1.03 bits per heavy atom. The molecule has 1 aliphatic rings. The normalized spacial score (nSPS) is 12.3. The van der Waals surface area contributed by atoms with Gasteiger partial charge in [0.25, 0.3) is 5.91 Å². The van der Waals surface area contributed by atoms with Crippen LogP contribution in [0.15, 0.2) is 81.5 Å². The predicted octanol–water partition coefficient (Wildman–Crippen LogP) is 6.01. The van der Waals surface area contributed by atoms with E-state index in [1.54, 1.807) is 18.9 Å². The monoisotopic (exact) mass is 416 g/mol. The molecule has 1 aliphatic heterocycles. The highest BCUT2D eigenvalue weighted by Crippen LogP contribution is 2.41. The summed E-state index contributed by atoms with van der Waals surface area (Å²) in [5, 5.41) is 2.99. The molecule has 1 heterocycles. The minimum Gasteiger partial charge on any atom is -0.497 e. The lowest BCUT2D eigenvalue weighted by Crippen LogP contribution is -2.22. The van der Waals surface area contributed by atoms with Crippen molar-refractivity contribution in [2.45, 2.75) is 36.1 Å². The smallest absolute Gasteiger partial charge is 0.251 e. The maximum Gasteiger partial charge on any atom is 0.251 e. The second-order valence-electron chi connectivity index (χ2n) is 7.12. The third-order valence-corrected chi connectivity index (χ3v) is 6.13. The lowest BCUT2D eigenvalue weighted by atomic mass is 10.1. The zero-order chi connectivity index (χ0) is 20.9. The van der Waals surface area contributed by atoms with Crippen LogP contribution in [-0.2, 0) is 6.54 Å². The molecule has 3 aromatic carbocycles. The first-order valence-electron chi connectivity index (χ1n) is 10.1. The Balaban J connectivity index is 1.56. The maximum absolute atomic E-state index is 12.7. The Labute approximate surface area is 181 Å². The van der Waals surface area contributed by atoms with Crippen LogP contribution < -0.4 is 10.1 Å². The van der Waals surface area contributed by atoms with E-state index in [1.165, 1.54) is 10.5 Å². The molecule has 0 bridgehead atoms. The molecule has 4 nitrogen and oxygen atoms in total. The van der Waals surface area contributed by atoms with Crippen molar-refractivity contribution in [1.29, 1.82) is 0 Å². The van der Waals surface area contributed by atoms with Gasteiger partial charge >= 0.3 is 0 Å². The van der Waals surface area contributed by atoms with Crippen LogP contribution in [0.3, 0.4) is 0 Å². The summed E-state index contributed by atoms with van der Waals surface area (Å²) in [6, 6.07) is 21.8. The Hall–Kier alpha value is -3.05. The number of hydrogen-bond acceptors (Lipinski definition) is 4. The van der Waals surface area contributed by atoms with E-state index in [9.17, 15) is 4.79 Å². The molecule has 5 heteroatoms. The van der Waals surface area contributed by atoms with Crippen LogP contribution in [0.5, 0.6) is 5.75 Å². The lowest BCUT2D eigenvalue weighted by molar-refractivity contribution is 0.0951. The summed E-state index contributed by atoms with van der Waals surface area (Å²) in [5.74, 6) is 0.697. The highest BCUT2D eigenvalue weighted by atomic mass is 32.2. The molecule has 0 fully saturated rings. The van der Waals surface area contributed by atoms with Crippen LogP contribution in [0.4, 0.5) is 5.69 Å². The Kier molecular flexibility index (Phi) is 6.19. The van der Waals surface area contributed by atoms with E-state index in [1.807, 2.05) is 42.5 Å². The predicted molar refractivity (Wildman–Crippen MR) is 122 cm³/mol. The van der Waals surface area contributed by atoms with Gasteiger partial charge in [0.2, 0.25) is 0 Å². The molecular formula is C25H24N2O2S. The summed E-state index contributed by atoms with van der Waals surface area (Å²) >= 11 is 1.71. The van der Waals surface area contributed by atoms with Crippen molar-refractivity contribution in [2.75, 3.05) is 7.11 Å². The van der Waals surface area contributed by atoms with Gasteiger partial charge in [0.05, 0.1) is 12.8 Å². The third kappa shape index (κ3) is 4.41. The fraction of sp³-hybridized carbons (Fsp3) is 0.200. The third-order valence-electron chi connectivity index (χ3n) is 4.99.